The van der Waals surface area contributed by atoms with Crippen LogP contribution in [0.25, 0.3) is 10.9 Å². The lowest BCUT2D eigenvalue weighted by Gasteiger charge is -2.15. The molecular weight excluding hydrogens is 282 g/mol. The minimum absolute atomic E-state index is 0.0420. The summed E-state index contributed by atoms with van der Waals surface area (Å²) < 4.78 is 0. The number of pyridine rings is 1. The van der Waals surface area contributed by atoms with E-state index in [0.717, 1.165) is 10.9 Å². The van der Waals surface area contributed by atoms with E-state index in [9.17, 15) is 9.59 Å². The zero-order chi connectivity index (χ0) is 16.1. The Morgan fingerprint density at radius 2 is 2.00 bits per heavy atom. The van der Waals surface area contributed by atoms with Gasteiger partial charge in [0.05, 0.1) is 11.1 Å². The van der Waals surface area contributed by atoms with Crippen LogP contribution in [-0.2, 0) is 4.79 Å². The Hall–Kier alpha value is -2.63. The van der Waals surface area contributed by atoms with E-state index in [4.69, 9.17) is 5.11 Å². The van der Waals surface area contributed by atoms with Crippen LogP contribution in [0.1, 0.15) is 23.2 Å². The minimum atomic E-state index is -0.862. The maximum atomic E-state index is 12.4. The number of benzene rings is 1. The summed E-state index contributed by atoms with van der Waals surface area (Å²) in [6, 6.07) is 9.20. The lowest BCUT2D eigenvalue weighted by molar-refractivity contribution is -0.137. The minimum Gasteiger partial charge on any atom is -0.481 e. The summed E-state index contributed by atoms with van der Waals surface area (Å²) in [4.78, 5) is 29.2. The fourth-order valence-corrected chi connectivity index (χ4v) is 2.12. The van der Waals surface area contributed by atoms with Gasteiger partial charge in [-0.3, -0.25) is 9.59 Å². The van der Waals surface area contributed by atoms with Crippen molar-refractivity contribution in [1.82, 2.24) is 10.3 Å². The summed E-state index contributed by atoms with van der Waals surface area (Å²) in [5.74, 6) is -0.375. The zero-order valence-electron chi connectivity index (χ0n) is 12.7. The maximum absolute atomic E-state index is 12.4. The predicted molar refractivity (Wildman–Crippen MR) is 85.3 cm³/mol. The van der Waals surface area contributed by atoms with Crippen LogP contribution in [0, 0.1) is 0 Å². The summed E-state index contributed by atoms with van der Waals surface area (Å²) in [6.07, 6.45) is 0.449. The zero-order valence-corrected chi connectivity index (χ0v) is 12.7. The van der Waals surface area contributed by atoms with Crippen LogP contribution in [0.5, 0.6) is 0 Å². The van der Waals surface area contributed by atoms with Crippen molar-refractivity contribution in [2.75, 3.05) is 25.5 Å². The van der Waals surface area contributed by atoms with Crippen LogP contribution in [0.4, 0.5) is 5.82 Å². The molecule has 2 aromatic rings. The summed E-state index contributed by atoms with van der Waals surface area (Å²) in [6.45, 7) is 0.332. The molecule has 0 saturated heterocycles. The van der Waals surface area contributed by atoms with Gasteiger partial charge < -0.3 is 15.3 Å². The lowest BCUT2D eigenvalue weighted by Crippen LogP contribution is -2.25. The molecule has 0 saturated carbocycles. The van der Waals surface area contributed by atoms with Crippen molar-refractivity contribution in [1.29, 1.82) is 0 Å². The molecule has 2 rings (SSSR count). The van der Waals surface area contributed by atoms with E-state index >= 15 is 0 Å². The van der Waals surface area contributed by atoms with Crippen LogP contribution < -0.4 is 10.2 Å². The average Bonchev–Trinajstić information content (AvgIpc) is 2.50. The Morgan fingerprint density at radius 1 is 1.27 bits per heavy atom. The van der Waals surface area contributed by atoms with Gasteiger partial charge in [0.25, 0.3) is 5.91 Å². The van der Waals surface area contributed by atoms with E-state index in [1.54, 1.807) is 6.07 Å². The third kappa shape index (κ3) is 3.72. The molecule has 1 amide bonds. The monoisotopic (exact) mass is 301 g/mol. The number of carboxylic acid groups (broad SMARTS) is 1. The number of amides is 1. The van der Waals surface area contributed by atoms with E-state index in [0.29, 0.717) is 24.3 Å². The van der Waals surface area contributed by atoms with Gasteiger partial charge in [-0.25, -0.2) is 4.98 Å². The molecule has 0 spiro atoms. The number of hydrogen-bond donors (Lipinski definition) is 2. The van der Waals surface area contributed by atoms with Crippen LogP contribution in [0.15, 0.2) is 30.3 Å². The van der Waals surface area contributed by atoms with Crippen molar-refractivity contribution >= 4 is 28.6 Å². The number of fused-ring (bicyclic) bond motifs is 1. The molecule has 0 aliphatic carbocycles. The highest BCUT2D eigenvalue weighted by Gasteiger charge is 2.13. The Kier molecular flexibility index (Phi) is 4.93. The van der Waals surface area contributed by atoms with E-state index in [2.05, 4.69) is 10.3 Å². The summed E-state index contributed by atoms with van der Waals surface area (Å²) >= 11 is 0. The number of aromatic nitrogens is 1. The standard InChI is InChI=1S/C16H19N3O3/c1-19(2)14-10-12(11-6-3-4-7-13(11)18-14)16(22)17-9-5-8-15(20)21/h3-4,6-7,10H,5,8-9H2,1-2H3,(H,17,22)(H,20,21). The molecule has 0 radical (unpaired) electrons. The number of hydrogen-bond acceptors (Lipinski definition) is 4. The molecule has 0 aliphatic rings. The number of carbonyl (C=O) groups excluding carboxylic acids is 1. The molecule has 6 nitrogen and oxygen atoms in total. The van der Waals surface area contributed by atoms with Crippen molar-refractivity contribution in [3.63, 3.8) is 0 Å². The van der Waals surface area contributed by atoms with E-state index in [1.807, 2.05) is 43.3 Å². The highest BCUT2D eigenvalue weighted by Crippen LogP contribution is 2.22. The van der Waals surface area contributed by atoms with Crippen LogP contribution >= 0.6 is 0 Å². The molecule has 1 aromatic heterocycles. The second-order valence-corrected chi connectivity index (χ2v) is 5.19. The van der Waals surface area contributed by atoms with Gasteiger partial charge >= 0.3 is 5.97 Å². The molecule has 2 N–H and O–H groups in total. The van der Waals surface area contributed by atoms with Gasteiger partial charge in [0, 0.05) is 32.4 Å². The third-order valence-electron chi connectivity index (χ3n) is 3.26. The van der Waals surface area contributed by atoms with Gasteiger partial charge in [-0.1, -0.05) is 18.2 Å². The molecule has 0 bridgehead atoms. The van der Waals surface area contributed by atoms with Crippen molar-refractivity contribution in [3.8, 4) is 0 Å². The van der Waals surface area contributed by atoms with Crippen molar-refractivity contribution < 1.29 is 14.7 Å². The second-order valence-electron chi connectivity index (χ2n) is 5.19. The highest BCUT2D eigenvalue weighted by atomic mass is 16.4. The summed E-state index contributed by atoms with van der Waals surface area (Å²) in [5.41, 5.74) is 1.30. The maximum Gasteiger partial charge on any atom is 0.303 e. The normalized spacial score (nSPS) is 10.5. The number of carboxylic acids is 1. The van der Waals surface area contributed by atoms with Gasteiger partial charge in [0.15, 0.2) is 0 Å². The topological polar surface area (TPSA) is 82.5 Å². The summed E-state index contributed by atoms with van der Waals surface area (Å²) in [5, 5.41) is 12.2. The smallest absolute Gasteiger partial charge is 0.303 e. The quantitative estimate of drug-likeness (QED) is 0.796. The molecule has 0 unspecified atom stereocenters. The van der Waals surface area contributed by atoms with Crippen LogP contribution in [0.3, 0.4) is 0 Å². The van der Waals surface area contributed by atoms with E-state index in [-0.39, 0.29) is 12.3 Å². The summed E-state index contributed by atoms with van der Waals surface area (Å²) in [7, 11) is 3.73. The Balaban J connectivity index is 2.24. The molecule has 0 aliphatic heterocycles. The van der Waals surface area contributed by atoms with Crippen LogP contribution in [-0.4, -0.2) is 42.6 Å². The Morgan fingerprint density at radius 3 is 2.68 bits per heavy atom. The van der Waals surface area contributed by atoms with E-state index in [1.165, 1.54) is 0 Å². The second kappa shape index (κ2) is 6.89. The van der Waals surface area contributed by atoms with Crippen molar-refractivity contribution in [3.05, 3.63) is 35.9 Å². The first kappa shape index (κ1) is 15.8. The van der Waals surface area contributed by atoms with Crippen molar-refractivity contribution in [2.24, 2.45) is 0 Å². The molecular formula is C16H19N3O3. The number of nitrogens with one attached hydrogen (secondary N) is 1. The number of nitrogens with zero attached hydrogens (tertiary/aromatic N) is 2. The predicted octanol–water partition coefficient (Wildman–Crippen LogP) is 1.90. The molecule has 1 aromatic carbocycles. The van der Waals surface area contributed by atoms with Gasteiger partial charge in [-0.15, -0.1) is 0 Å². The van der Waals surface area contributed by atoms with Gasteiger partial charge in [0.1, 0.15) is 5.82 Å². The molecule has 0 fully saturated rings. The molecule has 116 valence electrons. The Bertz CT molecular complexity index is 698. The molecule has 22 heavy (non-hydrogen) atoms. The lowest BCUT2D eigenvalue weighted by atomic mass is 10.1. The first-order chi connectivity index (χ1) is 10.5. The molecule has 6 heteroatoms. The first-order valence-electron chi connectivity index (χ1n) is 7.06. The fourth-order valence-electron chi connectivity index (χ4n) is 2.12. The largest absolute Gasteiger partial charge is 0.481 e. The fraction of sp³-hybridized carbons (Fsp3) is 0.312. The number of rotatable bonds is 6. The number of para-hydroxylation sites is 1. The van der Waals surface area contributed by atoms with Crippen molar-refractivity contribution in [2.45, 2.75) is 12.8 Å². The first-order valence-corrected chi connectivity index (χ1v) is 7.06. The van der Waals surface area contributed by atoms with Gasteiger partial charge in [-0.05, 0) is 18.6 Å². The van der Waals surface area contributed by atoms with Gasteiger partial charge in [-0.2, -0.15) is 0 Å². The number of carbonyl (C=O) groups is 2. The third-order valence-corrected chi connectivity index (χ3v) is 3.26. The van der Waals surface area contributed by atoms with Crippen LogP contribution in [0.2, 0.25) is 0 Å². The SMILES string of the molecule is CN(C)c1cc(C(=O)NCCCC(=O)O)c2ccccc2n1. The van der Waals surface area contributed by atoms with E-state index < -0.39 is 5.97 Å². The average molecular weight is 301 g/mol. The number of aliphatic carboxylic acids is 1. The highest BCUT2D eigenvalue weighted by molar-refractivity contribution is 6.07. The number of anilines is 1. The molecule has 1 heterocycles. The Labute approximate surface area is 128 Å². The molecule has 0 atom stereocenters. The van der Waals surface area contributed by atoms with Gasteiger partial charge in [0.2, 0.25) is 0 Å².